The van der Waals surface area contributed by atoms with Crippen molar-refractivity contribution >= 4 is 22.4 Å². The molecular formula is C17H16N4O2S. The zero-order valence-electron chi connectivity index (χ0n) is 12.6. The monoisotopic (exact) mass is 340 g/mol. The van der Waals surface area contributed by atoms with E-state index in [1.807, 2.05) is 41.8 Å². The van der Waals surface area contributed by atoms with E-state index in [0.29, 0.717) is 16.4 Å². The zero-order valence-corrected chi connectivity index (χ0v) is 13.4. The minimum absolute atomic E-state index is 0.124. The van der Waals surface area contributed by atoms with Crippen molar-refractivity contribution in [2.45, 2.75) is 6.04 Å². The highest BCUT2D eigenvalue weighted by atomic mass is 32.1. The van der Waals surface area contributed by atoms with Crippen LogP contribution >= 0.6 is 11.3 Å². The number of hydrogen-bond acceptors (Lipinski definition) is 5. The van der Waals surface area contributed by atoms with Gasteiger partial charge < -0.3 is 21.3 Å². The van der Waals surface area contributed by atoms with Crippen LogP contribution in [0, 0.1) is 0 Å². The molecule has 0 saturated heterocycles. The van der Waals surface area contributed by atoms with E-state index < -0.39 is 0 Å². The fourth-order valence-corrected chi connectivity index (χ4v) is 2.81. The number of benzene rings is 1. The fraction of sp³-hybridized carbons (Fsp3) is 0.0588. The molecule has 1 aromatic heterocycles. The van der Waals surface area contributed by atoms with Gasteiger partial charge in [-0.2, -0.15) is 0 Å². The molecule has 0 fully saturated rings. The topological polar surface area (TPSA) is 104 Å². The van der Waals surface area contributed by atoms with Gasteiger partial charge >= 0.3 is 0 Å². The number of aromatic hydroxyl groups is 2. The van der Waals surface area contributed by atoms with Gasteiger partial charge in [-0.25, -0.2) is 9.98 Å². The molecule has 0 amide bonds. The van der Waals surface area contributed by atoms with E-state index >= 15 is 0 Å². The Hall–Kier alpha value is -3.06. The second-order valence-electron chi connectivity index (χ2n) is 5.03. The molecule has 122 valence electrons. The Morgan fingerprint density at radius 3 is 2.58 bits per heavy atom. The Bertz CT molecular complexity index is 836. The summed E-state index contributed by atoms with van der Waals surface area (Å²) >= 11 is 1.37. The maximum Gasteiger partial charge on any atom is 0.195 e. The van der Waals surface area contributed by atoms with Crippen LogP contribution in [0.3, 0.4) is 0 Å². The summed E-state index contributed by atoms with van der Waals surface area (Å²) in [4.78, 5) is 8.77. The predicted octanol–water partition coefficient (Wildman–Crippen LogP) is 3.00. The van der Waals surface area contributed by atoms with Crippen LogP contribution in [0.2, 0.25) is 0 Å². The van der Waals surface area contributed by atoms with Crippen LogP contribution in [0.25, 0.3) is 11.3 Å². The van der Waals surface area contributed by atoms with Gasteiger partial charge in [0.05, 0.1) is 11.7 Å². The van der Waals surface area contributed by atoms with E-state index in [9.17, 15) is 10.2 Å². The van der Waals surface area contributed by atoms with E-state index in [0.717, 1.165) is 0 Å². The molecule has 6 nitrogen and oxygen atoms in total. The number of aliphatic imine (C=N–C) groups is 1. The summed E-state index contributed by atoms with van der Waals surface area (Å²) in [6.07, 6.45) is 11.5. The summed E-state index contributed by atoms with van der Waals surface area (Å²) in [5, 5.41) is 24.3. The first-order chi connectivity index (χ1) is 11.6. The average Bonchev–Trinajstić information content (AvgIpc) is 2.86. The molecule has 0 radical (unpaired) electrons. The number of phenols is 2. The minimum Gasteiger partial charge on any atom is -0.504 e. The van der Waals surface area contributed by atoms with Crippen molar-refractivity contribution < 1.29 is 10.2 Å². The first-order valence-electron chi connectivity index (χ1n) is 7.21. The molecule has 1 heterocycles. The third kappa shape index (κ3) is 3.82. The standard InChI is InChI=1S/C17H16N4O2S/c18-16(19-12-5-3-1-2-4-6-12)21-17-20-13(10-24-17)11-7-8-14(22)15(23)9-11/h1-10,12,22-23H,(H3,18,19,20,21). The van der Waals surface area contributed by atoms with Gasteiger partial charge in [-0.1, -0.05) is 36.5 Å². The van der Waals surface area contributed by atoms with Gasteiger partial charge in [-0.3, -0.25) is 0 Å². The van der Waals surface area contributed by atoms with E-state index in [4.69, 9.17) is 5.73 Å². The van der Waals surface area contributed by atoms with Crippen molar-refractivity contribution in [1.29, 1.82) is 0 Å². The Morgan fingerprint density at radius 2 is 1.88 bits per heavy atom. The number of phenolic OH excluding ortho intramolecular Hbond substituents is 2. The van der Waals surface area contributed by atoms with Crippen molar-refractivity contribution in [3.8, 4) is 22.8 Å². The van der Waals surface area contributed by atoms with Crippen molar-refractivity contribution in [3.05, 3.63) is 60.0 Å². The molecular weight excluding hydrogens is 324 g/mol. The summed E-state index contributed by atoms with van der Waals surface area (Å²) in [7, 11) is 0. The minimum atomic E-state index is -0.184. The lowest BCUT2D eigenvalue weighted by Crippen LogP contribution is -2.24. The molecule has 0 atom stereocenters. The lowest BCUT2D eigenvalue weighted by molar-refractivity contribution is 0.404. The summed E-state index contributed by atoms with van der Waals surface area (Å²) in [5.74, 6) is -0.0787. The van der Waals surface area contributed by atoms with Crippen molar-refractivity contribution in [2.24, 2.45) is 10.7 Å². The van der Waals surface area contributed by atoms with Crippen molar-refractivity contribution in [2.75, 3.05) is 5.32 Å². The second kappa shape index (κ2) is 7.01. The molecule has 3 rings (SSSR count). The van der Waals surface area contributed by atoms with Crippen LogP contribution in [0.1, 0.15) is 0 Å². The molecule has 0 unspecified atom stereocenters. The van der Waals surface area contributed by atoms with E-state index in [2.05, 4.69) is 15.3 Å². The first-order valence-corrected chi connectivity index (χ1v) is 8.09. The maximum absolute atomic E-state index is 9.57. The predicted molar refractivity (Wildman–Crippen MR) is 97.3 cm³/mol. The third-order valence-electron chi connectivity index (χ3n) is 3.25. The van der Waals surface area contributed by atoms with Crippen LogP contribution < -0.4 is 11.1 Å². The largest absolute Gasteiger partial charge is 0.504 e. The molecule has 24 heavy (non-hydrogen) atoms. The summed E-state index contributed by atoms with van der Waals surface area (Å²) in [6.45, 7) is 0. The number of aromatic nitrogens is 1. The Labute approximate surface area is 143 Å². The second-order valence-corrected chi connectivity index (χ2v) is 5.88. The first kappa shape index (κ1) is 15.8. The number of thiazole rings is 1. The number of nitrogens with zero attached hydrogens (tertiary/aromatic N) is 2. The van der Waals surface area contributed by atoms with Crippen LogP contribution in [0.15, 0.2) is 65.0 Å². The highest BCUT2D eigenvalue weighted by molar-refractivity contribution is 7.14. The van der Waals surface area contributed by atoms with Gasteiger partial charge in [0.25, 0.3) is 0 Å². The van der Waals surface area contributed by atoms with Crippen LogP contribution in [-0.4, -0.2) is 27.2 Å². The van der Waals surface area contributed by atoms with Crippen molar-refractivity contribution in [3.63, 3.8) is 0 Å². The summed E-state index contributed by atoms with van der Waals surface area (Å²) in [6, 6.07) is 4.44. The molecule has 5 N–H and O–H groups in total. The van der Waals surface area contributed by atoms with Gasteiger partial charge in [0.2, 0.25) is 0 Å². The highest BCUT2D eigenvalue weighted by Gasteiger charge is 2.08. The molecule has 1 aliphatic rings. The highest BCUT2D eigenvalue weighted by Crippen LogP contribution is 2.31. The van der Waals surface area contributed by atoms with E-state index in [1.54, 1.807) is 6.07 Å². The number of allylic oxidation sites excluding steroid dienone is 4. The lowest BCUT2D eigenvalue weighted by atomic mass is 10.1. The quantitative estimate of drug-likeness (QED) is 0.391. The number of anilines is 1. The molecule has 0 bridgehead atoms. The molecule has 1 aliphatic carbocycles. The number of nitrogens with two attached hydrogens (primary N) is 1. The molecule has 1 aromatic carbocycles. The van der Waals surface area contributed by atoms with Gasteiger partial charge in [0.15, 0.2) is 22.6 Å². The molecule has 7 heteroatoms. The van der Waals surface area contributed by atoms with Crippen LogP contribution in [0.4, 0.5) is 5.13 Å². The summed E-state index contributed by atoms with van der Waals surface area (Å²) in [5.41, 5.74) is 7.29. The molecule has 0 saturated carbocycles. The fourth-order valence-electron chi connectivity index (χ4n) is 2.08. The number of hydrogen-bond donors (Lipinski definition) is 4. The maximum atomic E-state index is 9.57. The van der Waals surface area contributed by atoms with Gasteiger partial charge in [0, 0.05) is 10.9 Å². The zero-order chi connectivity index (χ0) is 16.9. The number of nitrogens with one attached hydrogen (secondary N) is 1. The van der Waals surface area contributed by atoms with Crippen LogP contribution in [0.5, 0.6) is 11.5 Å². The normalized spacial score (nSPS) is 14.8. The Balaban J connectivity index is 1.72. The summed E-state index contributed by atoms with van der Waals surface area (Å²) < 4.78 is 0. The van der Waals surface area contributed by atoms with Crippen LogP contribution in [-0.2, 0) is 0 Å². The molecule has 0 spiro atoms. The van der Waals surface area contributed by atoms with Crippen molar-refractivity contribution in [1.82, 2.24) is 4.98 Å². The molecule has 0 aliphatic heterocycles. The van der Waals surface area contributed by atoms with Gasteiger partial charge in [-0.15, -0.1) is 11.3 Å². The average molecular weight is 340 g/mol. The van der Waals surface area contributed by atoms with Gasteiger partial charge in [0.1, 0.15) is 0 Å². The smallest absolute Gasteiger partial charge is 0.195 e. The Kier molecular flexibility index (Phi) is 4.62. The number of rotatable bonds is 3. The SMILES string of the molecule is NC(=NC1C=CC=CC=C1)Nc1nc(-c2ccc(O)c(O)c2)cs1. The lowest BCUT2D eigenvalue weighted by Gasteiger charge is -2.05. The van der Waals surface area contributed by atoms with Gasteiger partial charge in [-0.05, 0) is 18.2 Å². The molecule has 2 aromatic rings. The third-order valence-corrected chi connectivity index (χ3v) is 4.01. The van der Waals surface area contributed by atoms with E-state index in [-0.39, 0.29) is 23.5 Å². The Morgan fingerprint density at radius 1 is 1.12 bits per heavy atom. The van der Waals surface area contributed by atoms with E-state index in [1.165, 1.54) is 23.5 Å². The number of guanidine groups is 1.